The molecule has 1 aromatic heterocycles. The van der Waals surface area contributed by atoms with E-state index in [1.54, 1.807) is 6.92 Å². The Morgan fingerprint density at radius 3 is 2.30 bits per heavy atom. The summed E-state index contributed by atoms with van der Waals surface area (Å²) in [4.78, 5) is 33.6. The maximum Gasteiger partial charge on any atom is 0.270 e. The van der Waals surface area contributed by atoms with E-state index >= 15 is 0 Å². The van der Waals surface area contributed by atoms with Gasteiger partial charge in [0.1, 0.15) is 17.3 Å². The molecule has 0 spiro atoms. The average Bonchev–Trinajstić information content (AvgIpc) is 2.74. The van der Waals surface area contributed by atoms with Crippen molar-refractivity contribution in [2.75, 3.05) is 37.6 Å². The quantitative estimate of drug-likeness (QED) is 0.781. The molecule has 0 unspecified atom stereocenters. The van der Waals surface area contributed by atoms with Gasteiger partial charge in [0, 0.05) is 45.2 Å². The lowest BCUT2D eigenvalue weighted by atomic mass is 9.54. The van der Waals surface area contributed by atoms with Gasteiger partial charge in [0.25, 0.3) is 5.91 Å². The number of pyridine rings is 1. The summed E-state index contributed by atoms with van der Waals surface area (Å²) in [6, 6.07) is 6.15. The highest BCUT2D eigenvalue weighted by Gasteiger charge is 2.48. The lowest BCUT2D eigenvalue weighted by Crippen LogP contribution is -2.55. The van der Waals surface area contributed by atoms with Crippen LogP contribution in [0, 0.1) is 23.7 Å². The maximum atomic E-state index is 13.0. The van der Waals surface area contributed by atoms with E-state index in [1.807, 2.05) is 18.2 Å². The first kappa shape index (κ1) is 20.0. The molecule has 2 heterocycles. The Morgan fingerprint density at radius 1 is 1.00 bits per heavy atom. The molecule has 4 saturated carbocycles. The number of rotatable bonds is 6. The molecule has 1 N–H and O–H groups in total. The minimum Gasteiger partial charge on any atom is -0.354 e. The molecule has 30 heavy (non-hydrogen) atoms. The van der Waals surface area contributed by atoms with Crippen LogP contribution in [0.25, 0.3) is 0 Å². The number of hydrogen-bond donors (Lipinski definition) is 1. The first-order valence-electron chi connectivity index (χ1n) is 11.8. The average molecular weight is 411 g/mol. The second-order valence-corrected chi connectivity index (χ2v) is 10.1. The maximum absolute atomic E-state index is 13.0. The van der Waals surface area contributed by atoms with E-state index in [-0.39, 0.29) is 11.7 Å². The Kier molecular flexibility index (Phi) is 5.52. The fourth-order valence-electron chi connectivity index (χ4n) is 6.63. The van der Waals surface area contributed by atoms with E-state index in [9.17, 15) is 9.59 Å². The largest absolute Gasteiger partial charge is 0.354 e. The molecule has 1 saturated heterocycles. The van der Waals surface area contributed by atoms with Gasteiger partial charge in [0.2, 0.25) is 0 Å². The molecule has 4 bridgehead atoms. The van der Waals surface area contributed by atoms with Crippen LogP contribution in [-0.4, -0.2) is 60.3 Å². The van der Waals surface area contributed by atoms with Gasteiger partial charge in [-0.15, -0.1) is 0 Å². The van der Waals surface area contributed by atoms with E-state index in [1.165, 1.54) is 32.1 Å². The number of ketones is 1. The van der Waals surface area contributed by atoms with Crippen LogP contribution < -0.4 is 10.2 Å². The van der Waals surface area contributed by atoms with Gasteiger partial charge in [-0.25, -0.2) is 4.98 Å². The van der Waals surface area contributed by atoms with Gasteiger partial charge in [0.15, 0.2) is 0 Å². The zero-order valence-electron chi connectivity index (χ0n) is 18.1. The molecule has 6 heteroatoms. The van der Waals surface area contributed by atoms with E-state index in [0.717, 1.165) is 50.4 Å². The van der Waals surface area contributed by atoms with E-state index in [0.29, 0.717) is 30.0 Å². The van der Waals surface area contributed by atoms with Crippen molar-refractivity contribution < 1.29 is 9.59 Å². The third-order valence-corrected chi connectivity index (χ3v) is 7.97. The highest BCUT2D eigenvalue weighted by atomic mass is 16.2. The molecule has 0 aromatic carbocycles. The number of nitrogens with zero attached hydrogens (tertiary/aromatic N) is 3. The zero-order valence-corrected chi connectivity index (χ0v) is 18.1. The van der Waals surface area contributed by atoms with Crippen LogP contribution in [0.5, 0.6) is 0 Å². The molecule has 5 fully saturated rings. The number of carbonyl (C=O) groups is 2. The zero-order chi connectivity index (χ0) is 20.7. The predicted octanol–water partition coefficient (Wildman–Crippen LogP) is 2.74. The standard InChI is InChI=1S/C24H34N4O2/c1-16(29)5-6-27-7-9-28(10-8-27)22-4-2-3-21(25-22)24(30)26-23-19-12-17-11-18(14-19)15-20(23)13-17/h2-4,17-20,23H,5-15H2,1H3,(H,26,30). The van der Waals surface area contributed by atoms with Crippen LogP contribution in [0.1, 0.15) is 55.9 Å². The fourth-order valence-corrected chi connectivity index (χ4v) is 6.63. The van der Waals surface area contributed by atoms with Crippen molar-refractivity contribution in [2.24, 2.45) is 23.7 Å². The topological polar surface area (TPSA) is 65.5 Å². The summed E-state index contributed by atoms with van der Waals surface area (Å²) in [7, 11) is 0. The number of Topliss-reactive ketones (excluding diaryl/α,β-unsaturated/α-hetero) is 1. The molecule has 5 aliphatic rings. The third-order valence-electron chi connectivity index (χ3n) is 7.97. The van der Waals surface area contributed by atoms with Gasteiger partial charge in [-0.05, 0) is 74.8 Å². The Bertz CT molecular complexity index is 774. The lowest BCUT2D eigenvalue weighted by molar-refractivity contribution is -0.117. The van der Waals surface area contributed by atoms with Gasteiger partial charge in [-0.2, -0.15) is 0 Å². The SMILES string of the molecule is CC(=O)CCN1CCN(c2cccc(C(=O)NC3C4CC5CC(C4)CC3C5)n2)CC1. The van der Waals surface area contributed by atoms with Crippen molar-refractivity contribution >= 4 is 17.5 Å². The Morgan fingerprint density at radius 2 is 1.67 bits per heavy atom. The molecule has 162 valence electrons. The summed E-state index contributed by atoms with van der Waals surface area (Å²) in [5.74, 6) is 4.31. The second kappa shape index (κ2) is 8.29. The molecule has 0 radical (unpaired) electrons. The summed E-state index contributed by atoms with van der Waals surface area (Å²) in [5.41, 5.74) is 0.542. The van der Waals surface area contributed by atoms with Crippen molar-refractivity contribution in [3.8, 4) is 0 Å². The van der Waals surface area contributed by atoms with Crippen molar-refractivity contribution in [1.82, 2.24) is 15.2 Å². The van der Waals surface area contributed by atoms with Crippen molar-refractivity contribution in [3.63, 3.8) is 0 Å². The number of nitrogens with one attached hydrogen (secondary N) is 1. The van der Waals surface area contributed by atoms with Gasteiger partial charge in [0.05, 0.1) is 0 Å². The summed E-state index contributed by atoms with van der Waals surface area (Å²) in [6.07, 6.45) is 7.27. The first-order valence-corrected chi connectivity index (χ1v) is 11.8. The van der Waals surface area contributed by atoms with E-state index in [4.69, 9.17) is 4.98 Å². The van der Waals surface area contributed by atoms with Crippen LogP contribution in [-0.2, 0) is 4.79 Å². The third kappa shape index (κ3) is 4.11. The number of anilines is 1. The molecule has 6 rings (SSSR count). The van der Waals surface area contributed by atoms with Gasteiger partial charge >= 0.3 is 0 Å². The van der Waals surface area contributed by atoms with Crippen LogP contribution in [0.2, 0.25) is 0 Å². The monoisotopic (exact) mass is 410 g/mol. The summed E-state index contributed by atoms with van der Waals surface area (Å²) < 4.78 is 0. The molecule has 4 aliphatic carbocycles. The normalized spacial score (nSPS) is 33.0. The molecule has 1 aliphatic heterocycles. The van der Waals surface area contributed by atoms with Gasteiger partial charge in [-0.1, -0.05) is 6.07 Å². The highest BCUT2D eigenvalue weighted by Crippen LogP contribution is 2.53. The van der Waals surface area contributed by atoms with E-state index in [2.05, 4.69) is 15.1 Å². The number of aromatic nitrogens is 1. The van der Waals surface area contributed by atoms with Crippen LogP contribution in [0.15, 0.2) is 18.2 Å². The molecule has 6 nitrogen and oxygen atoms in total. The second-order valence-electron chi connectivity index (χ2n) is 10.1. The van der Waals surface area contributed by atoms with Crippen LogP contribution in [0.3, 0.4) is 0 Å². The lowest BCUT2D eigenvalue weighted by Gasteiger charge is -2.54. The molecule has 1 amide bonds. The van der Waals surface area contributed by atoms with Crippen LogP contribution in [0.4, 0.5) is 5.82 Å². The summed E-state index contributed by atoms with van der Waals surface area (Å²) in [5, 5.41) is 3.38. The molecule has 0 atom stereocenters. The minimum atomic E-state index is -0.00517. The van der Waals surface area contributed by atoms with Gasteiger partial charge in [-0.3, -0.25) is 14.5 Å². The highest BCUT2D eigenvalue weighted by molar-refractivity contribution is 5.93. The number of amides is 1. The Labute approximate surface area is 179 Å². The van der Waals surface area contributed by atoms with Gasteiger partial charge < -0.3 is 10.2 Å². The van der Waals surface area contributed by atoms with Crippen molar-refractivity contribution in [2.45, 2.75) is 51.5 Å². The molecular formula is C24H34N4O2. The molecular weight excluding hydrogens is 376 g/mol. The number of hydrogen-bond acceptors (Lipinski definition) is 5. The van der Waals surface area contributed by atoms with Crippen molar-refractivity contribution in [3.05, 3.63) is 23.9 Å². The smallest absolute Gasteiger partial charge is 0.270 e. The molecule has 1 aromatic rings. The number of piperazine rings is 1. The summed E-state index contributed by atoms with van der Waals surface area (Å²) in [6.45, 7) is 6.11. The minimum absolute atomic E-state index is 0.00517. The van der Waals surface area contributed by atoms with Crippen molar-refractivity contribution in [1.29, 1.82) is 0 Å². The fraction of sp³-hybridized carbons (Fsp3) is 0.708. The number of carbonyl (C=O) groups excluding carboxylic acids is 2. The first-order chi connectivity index (χ1) is 14.5. The van der Waals surface area contributed by atoms with Crippen LogP contribution >= 0.6 is 0 Å². The Balaban J connectivity index is 1.19. The summed E-state index contributed by atoms with van der Waals surface area (Å²) >= 11 is 0. The Hall–Kier alpha value is -1.95. The predicted molar refractivity (Wildman–Crippen MR) is 116 cm³/mol. The van der Waals surface area contributed by atoms with E-state index < -0.39 is 0 Å².